The van der Waals surface area contributed by atoms with Gasteiger partial charge >= 0.3 is 0 Å². The zero-order valence-electron chi connectivity index (χ0n) is 6.45. The molecule has 0 saturated heterocycles. The fraction of sp³-hybridized carbons (Fsp3) is 0.111. The van der Waals surface area contributed by atoms with Crippen molar-refractivity contribution in [1.82, 2.24) is 0 Å². The third kappa shape index (κ3) is 1.30. The van der Waals surface area contributed by atoms with Gasteiger partial charge in [0, 0.05) is 21.0 Å². The lowest BCUT2D eigenvalue weighted by molar-refractivity contribution is 1.58. The third-order valence-electron chi connectivity index (χ3n) is 1.75. The Hall–Kier alpha value is -0.670. The maximum Gasteiger partial charge on any atom is 0.0347 e. The molecule has 0 atom stereocenters. The molecule has 1 nitrogen and oxygen atoms in total. The van der Waals surface area contributed by atoms with Crippen LogP contribution in [0.5, 0.6) is 0 Å². The zero-order valence-corrected chi connectivity index (χ0v) is 8.16. The van der Waals surface area contributed by atoms with Gasteiger partial charge in [0.25, 0.3) is 0 Å². The van der Waals surface area contributed by atoms with Crippen LogP contribution in [-0.2, 0) is 5.75 Å². The number of fused-ring (bicyclic) bond motifs is 1. The van der Waals surface area contributed by atoms with Gasteiger partial charge in [0.2, 0.25) is 0 Å². The molecule has 0 spiro atoms. The summed E-state index contributed by atoms with van der Waals surface area (Å²) >= 11 is 6.00. The second-order valence-corrected chi connectivity index (χ2v) is 4.15. The molecule has 2 N–H and O–H groups in total. The normalized spacial score (nSPS) is 10.8. The molecule has 2 aromatic rings. The van der Waals surface area contributed by atoms with Crippen molar-refractivity contribution >= 4 is 39.7 Å². The molecule has 62 valence electrons. The van der Waals surface area contributed by atoms with Gasteiger partial charge in [-0.05, 0) is 29.7 Å². The number of hydrogen-bond donors (Lipinski definition) is 2. The SMILES string of the molecule is Nc1ccc2sc(CS)cc2c1. The molecule has 1 heterocycles. The maximum absolute atomic E-state index is 5.66. The number of nitrogens with two attached hydrogens (primary N) is 1. The van der Waals surface area contributed by atoms with E-state index in [9.17, 15) is 0 Å². The van der Waals surface area contributed by atoms with Gasteiger partial charge in [-0.2, -0.15) is 12.6 Å². The molecule has 3 heteroatoms. The maximum atomic E-state index is 5.66. The van der Waals surface area contributed by atoms with Crippen molar-refractivity contribution in [3.63, 3.8) is 0 Å². The van der Waals surface area contributed by atoms with Crippen molar-refractivity contribution in [3.05, 3.63) is 29.1 Å². The van der Waals surface area contributed by atoms with Crippen LogP contribution in [-0.4, -0.2) is 0 Å². The van der Waals surface area contributed by atoms with Gasteiger partial charge < -0.3 is 5.73 Å². The molecule has 1 aromatic carbocycles. The minimum absolute atomic E-state index is 0.805. The molecule has 0 bridgehead atoms. The fourth-order valence-electron chi connectivity index (χ4n) is 1.19. The summed E-state index contributed by atoms with van der Waals surface area (Å²) in [6.45, 7) is 0. The zero-order chi connectivity index (χ0) is 8.55. The molecule has 2 rings (SSSR count). The van der Waals surface area contributed by atoms with Crippen molar-refractivity contribution in [1.29, 1.82) is 0 Å². The quantitative estimate of drug-likeness (QED) is 0.531. The standard InChI is InChI=1S/C9H9NS2/c10-7-1-2-9-6(3-7)4-8(5-11)12-9/h1-4,11H,5,10H2. The van der Waals surface area contributed by atoms with Crippen LogP contribution in [0.1, 0.15) is 4.88 Å². The van der Waals surface area contributed by atoms with E-state index in [1.165, 1.54) is 15.0 Å². The van der Waals surface area contributed by atoms with Crippen LogP contribution in [0.4, 0.5) is 5.69 Å². The Kier molecular flexibility index (Phi) is 1.98. The third-order valence-corrected chi connectivity index (χ3v) is 3.42. The van der Waals surface area contributed by atoms with E-state index in [-0.39, 0.29) is 0 Å². The van der Waals surface area contributed by atoms with E-state index in [4.69, 9.17) is 5.73 Å². The van der Waals surface area contributed by atoms with Crippen LogP contribution in [0.2, 0.25) is 0 Å². The van der Waals surface area contributed by atoms with E-state index in [1.54, 1.807) is 11.3 Å². The number of thiol groups is 1. The highest BCUT2D eigenvalue weighted by atomic mass is 32.1. The minimum atomic E-state index is 0.805. The average Bonchev–Trinajstić information content (AvgIpc) is 2.46. The van der Waals surface area contributed by atoms with E-state index in [2.05, 4.69) is 24.8 Å². The van der Waals surface area contributed by atoms with E-state index in [0.29, 0.717) is 0 Å². The van der Waals surface area contributed by atoms with Gasteiger partial charge in [-0.15, -0.1) is 11.3 Å². The van der Waals surface area contributed by atoms with Crippen LogP contribution in [0.3, 0.4) is 0 Å². The highest BCUT2D eigenvalue weighted by Gasteiger charge is 1.99. The summed E-state index contributed by atoms with van der Waals surface area (Å²) in [5.74, 6) is 0.805. The summed E-state index contributed by atoms with van der Waals surface area (Å²) in [6.07, 6.45) is 0. The Balaban J connectivity index is 2.67. The van der Waals surface area contributed by atoms with Gasteiger partial charge in [0.15, 0.2) is 0 Å². The van der Waals surface area contributed by atoms with E-state index in [1.807, 2.05) is 12.1 Å². The first-order chi connectivity index (χ1) is 5.79. The van der Waals surface area contributed by atoms with Crippen molar-refractivity contribution in [2.75, 3.05) is 5.73 Å². The average molecular weight is 195 g/mol. The van der Waals surface area contributed by atoms with E-state index >= 15 is 0 Å². The first kappa shape index (κ1) is 7.95. The van der Waals surface area contributed by atoms with Crippen molar-refractivity contribution in [2.24, 2.45) is 0 Å². The second kappa shape index (κ2) is 2.99. The lowest BCUT2D eigenvalue weighted by Gasteiger charge is -1.90. The van der Waals surface area contributed by atoms with Crippen LogP contribution < -0.4 is 5.73 Å². The Morgan fingerprint density at radius 2 is 2.17 bits per heavy atom. The molecule has 1 aromatic heterocycles. The summed E-state index contributed by atoms with van der Waals surface area (Å²) in [5, 5.41) is 1.23. The minimum Gasteiger partial charge on any atom is -0.399 e. The molecule has 12 heavy (non-hydrogen) atoms. The van der Waals surface area contributed by atoms with Crippen molar-refractivity contribution in [3.8, 4) is 0 Å². The van der Waals surface area contributed by atoms with Crippen molar-refractivity contribution in [2.45, 2.75) is 5.75 Å². The van der Waals surface area contributed by atoms with E-state index in [0.717, 1.165) is 11.4 Å². The van der Waals surface area contributed by atoms with Gasteiger partial charge in [0.1, 0.15) is 0 Å². The first-order valence-electron chi connectivity index (χ1n) is 3.68. The molecule has 0 amide bonds. The molecule has 0 aliphatic rings. The highest BCUT2D eigenvalue weighted by molar-refractivity contribution is 7.79. The Morgan fingerprint density at radius 1 is 1.33 bits per heavy atom. The van der Waals surface area contributed by atoms with Gasteiger partial charge in [0.05, 0.1) is 0 Å². The molecule has 0 unspecified atom stereocenters. The van der Waals surface area contributed by atoms with Gasteiger partial charge in [-0.25, -0.2) is 0 Å². The predicted molar refractivity (Wildman–Crippen MR) is 58.9 cm³/mol. The topological polar surface area (TPSA) is 26.0 Å². The van der Waals surface area contributed by atoms with Crippen LogP contribution in [0.15, 0.2) is 24.3 Å². The van der Waals surface area contributed by atoms with Crippen LogP contribution >= 0.6 is 24.0 Å². The fourth-order valence-corrected chi connectivity index (χ4v) is 2.38. The summed E-state index contributed by atoms with van der Waals surface area (Å²) < 4.78 is 1.29. The number of nitrogen functional groups attached to an aromatic ring is 1. The summed E-state index contributed by atoms with van der Waals surface area (Å²) in [7, 11) is 0. The summed E-state index contributed by atoms with van der Waals surface area (Å²) in [4.78, 5) is 1.29. The molecule has 0 fully saturated rings. The summed E-state index contributed by atoms with van der Waals surface area (Å²) in [6, 6.07) is 8.13. The largest absolute Gasteiger partial charge is 0.399 e. The van der Waals surface area contributed by atoms with Gasteiger partial charge in [-0.3, -0.25) is 0 Å². The van der Waals surface area contributed by atoms with E-state index < -0.39 is 0 Å². The predicted octanol–water partition coefficient (Wildman–Crippen LogP) is 2.91. The number of hydrogen-bond acceptors (Lipinski definition) is 3. The number of benzene rings is 1. The van der Waals surface area contributed by atoms with Crippen molar-refractivity contribution < 1.29 is 0 Å². The highest BCUT2D eigenvalue weighted by Crippen LogP contribution is 2.27. The number of thiophene rings is 1. The molecule has 0 radical (unpaired) electrons. The Labute approximate surface area is 80.6 Å². The van der Waals surface area contributed by atoms with Crippen LogP contribution in [0, 0.1) is 0 Å². The number of rotatable bonds is 1. The monoisotopic (exact) mass is 195 g/mol. The van der Waals surface area contributed by atoms with Crippen LogP contribution in [0.25, 0.3) is 10.1 Å². The Bertz CT molecular complexity index is 406. The lowest BCUT2D eigenvalue weighted by atomic mass is 10.2. The second-order valence-electron chi connectivity index (χ2n) is 2.67. The Morgan fingerprint density at radius 3 is 2.92 bits per heavy atom. The molecular weight excluding hydrogens is 186 g/mol. The summed E-state index contributed by atoms with van der Waals surface area (Å²) in [5.41, 5.74) is 6.49. The number of anilines is 1. The molecule has 0 aliphatic carbocycles. The smallest absolute Gasteiger partial charge is 0.0347 e. The lowest BCUT2D eigenvalue weighted by Crippen LogP contribution is -1.80. The molecular formula is C9H9NS2. The molecule has 0 saturated carbocycles. The first-order valence-corrected chi connectivity index (χ1v) is 5.13. The van der Waals surface area contributed by atoms with Gasteiger partial charge in [-0.1, -0.05) is 0 Å². The molecule has 0 aliphatic heterocycles.